The molecule has 0 saturated carbocycles. The van der Waals surface area contributed by atoms with E-state index in [0.29, 0.717) is 39.7 Å². The molecular formula is C22H21ClN8O3S. The first-order valence-corrected chi connectivity index (χ1v) is 12.6. The number of pyridine rings is 1. The summed E-state index contributed by atoms with van der Waals surface area (Å²) in [7, 11) is -3.85. The van der Waals surface area contributed by atoms with Crippen LogP contribution in [0.25, 0.3) is 22.4 Å². The van der Waals surface area contributed by atoms with Gasteiger partial charge in [-0.3, -0.25) is 9.78 Å². The van der Waals surface area contributed by atoms with Crippen LogP contribution in [0.3, 0.4) is 0 Å². The van der Waals surface area contributed by atoms with Crippen LogP contribution in [0, 0.1) is 0 Å². The van der Waals surface area contributed by atoms with Crippen molar-refractivity contribution in [2.24, 2.45) is 5.73 Å². The number of imidazole rings is 1. The van der Waals surface area contributed by atoms with Gasteiger partial charge in [0, 0.05) is 61.9 Å². The third-order valence-corrected chi connectivity index (χ3v) is 7.68. The van der Waals surface area contributed by atoms with Crippen LogP contribution in [0.2, 0.25) is 5.02 Å². The summed E-state index contributed by atoms with van der Waals surface area (Å²) in [5, 5.41) is 0.336. The smallest absolute Gasteiger partial charge is 0.276 e. The Labute approximate surface area is 206 Å². The van der Waals surface area contributed by atoms with Gasteiger partial charge in [-0.05, 0) is 30.3 Å². The van der Waals surface area contributed by atoms with Gasteiger partial charge in [-0.2, -0.15) is 4.31 Å². The fraction of sp³-hybridized carbons (Fsp3) is 0.227. The van der Waals surface area contributed by atoms with E-state index >= 15 is 0 Å². The number of aromatic nitrogens is 5. The standard InChI is InChI=1S/C22H21ClN8O3S/c23-16-1-2-18-19(10-16)29-22(28-18)35(33,34)31-7-5-30(6-8-31)21(32)15-12-26-20(27-13-15)14-3-4-25-17(9-14)11-24/h1-4,9-10,12-13H,5-8,11,24H2,(H,28,29). The van der Waals surface area contributed by atoms with Crippen LogP contribution in [0.15, 0.2) is 54.1 Å². The molecule has 13 heteroatoms. The molecule has 0 spiro atoms. The Morgan fingerprint density at radius 2 is 1.80 bits per heavy atom. The summed E-state index contributed by atoms with van der Waals surface area (Å²) in [6, 6.07) is 8.50. The number of amides is 1. The molecular weight excluding hydrogens is 492 g/mol. The predicted octanol–water partition coefficient (Wildman–Crippen LogP) is 1.67. The minimum absolute atomic E-state index is 0.143. The van der Waals surface area contributed by atoms with Crippen LogP contribution >= 0.6 is 11.6 Å². The van der Waals surface area contributed by atoms with E-state index in [0.717, 1.165) is 5.56 Å². The van der Waals surface area contributed by atoms with E-state index in [-0.39, 0.29) is 37.2 Å². The van der Waals surface area contributed by atoms with E-state index < -0.39 is 10.0 Å². The third kappa shape index (κ3) is 4.60. The van der Waals surface area contributed by atoms with Gasteiger partial charge in [-0.15, -0.1) is 0 Å². The molecule has 0 bridgehead atoms. The van der Waals surface area contributed by atoms with Gasteiger partial charge in [0.2, 0.25) is 5.16 Å². The summed E-state index contributed by atoms with van der Waals surface area (Å²) in [4.78, 5) is 34.3. The number of nitrogens with two attached hydrogens (primary N) is 1. The van der Waals surface area contributed by atoms with Crippen molar-refractivity contribution in [3.63, 3.8) is 0 Å². The minimum atomic E-state index is -3.85. The number of benzene rings is 1. The number of H-pyrrole nitrogens is 1. The monoisotopic (exact) mass is 512 g/mol. The van der Waals surface area contributed by atoms with Crippen LogP contribution < -0.4 is 5.73 Å². The number of fused-ring (bicyclic) bond motifs is 1. The van der Waals surface area contributed by atoms with Crippen molar-refractivity contribution in [1.82, 2.24) is 34.1 Å². The molecule has 4 heterocycles. The van der Waals surface area contributed by atoms with Crippen molar-refractivity contribution in [3.8, 4) is 11.4 Å². The van der Waals surface area contributed by atoms with E-state index in [1.807, 2.05) is 0 Å². The van der Waals surface area contributed by atoms with Gasteiger partial charge in [0.15, 0.2) is 5.82 Å². The Hall–Kier alpha value is -3.45. The summed E-state index contributed by atoms with van der Waals surface area (Å²) in [6.07, 6.45) is 4.57. The van der Waals surface area contributed by atoms with Crippen molar-refractivity contribution in [2.45, 2.75) is 11.7 Å². The number of piperazine rings is 1. The highest BCUT2D eigenvalue weighted by molar-refractivity contribution is 7.89. The lowest BCUT2D eigenvalue weighted by Gasteiger charge is -2.33. The summed E-state index contributed by atoms with van der Waals surface area (Å²) < 4.78 is 27.5. The van der Waals surface area contributed by atoms with Crippen LogP contribution in [-0.2, 0) is 16.6 Å². The number of halogens is 1. The molecule has 0 atom stereocenters. The van der Waals surface area contributed by atoms with Crippen molar-refractivity contribution >= 4 is 38.6 Å². The van der Waals surface area contributed by atoms with Gasteiger partial charge in [-0.1, -0.05) is 11.6 Å². The second kappa shape index (κ2) is 9.30. The molecule has 4 aromatic rings. The number of nitrogens with zero attached hydrogens (tertiary/aromatic N) is 6. The Balaban J connectivity index is 1.26. The van der Waals surface area contributed by atoms with Crippen molar-refractivity contribution in [3.05, 3.63) is 65.2 Å². The Kier molecular flexibility index (Phi) is 6.19. The summed E-state index contributed by atoms with van der Waals surface area (Å²) in [5.74, 6) is 0.200. The molecule has 35 heavy (non-hydrogen) atoms. The maximum Gasteiger partial charge on any atom is 0.276 e. The zero-order chi connectivity index (χ0) is 24.6. The highest BCUT2D eigenvalue weighted by Crippen LogP contribution is 2.22. The zero-order valence-electron chi connectivity index (χ0n) is 18.4. The maximum absolute atomic E-state index is 13.1. The Morgan fingerprint density at radius 3 is 2.51 bits per heavy atom. The van der Waals surface area contributed by atoms with E-state index in [4.69, 9.17) is 17.3 Å². The fourth-order valence-electron chi connectivity index (χ4n) is 3.83. The van der Waals surface area contributed by atoms with Gasteiger partial charge in [0.1, 0.15) is 0 Å². The normalized spacial score (nSPS) is 15.0. The van der Waals surface area contributed by atoms with Crippen LogP contribution in [0.1, 0.15) is 16.1 Å². The van der Waals surface area contributed by atoms with E-state index in [1.165, 1.54) is 16.7 Å². The second-order valence-electron chi connectivity index (χ2n) is 7.94. The quantitative estimate of drug-likeness (QED) is 0.409. The van der Waals surface area contributed by atoms with E-state index in [9.17, 15) is 13.2 Å². The molecule has 3 N–H and O–H groups in total. The molecule has 0 aliphatic carbocycles. The minimum Gasteiger partial charge on any atom is -0.336 e. The molecule has 3 aromatic heterocycles. The molecule has 1 saturated heterocycles. The second-order valence-corrected chi connectivity index (χ2v) is 10.2. The topological polar surface area (TPSA) is 151 Å². The number of aromatic amines is 1. The molecule has 0 radical (unpaired) electrons. The van der Waals surface area contributed by atoms with Crippen LogP contribution in [0.5, 0.6) is 0 Å². The first-order chi connectivity index (χ1) is 16.8. The molecule has 1 aromatic carbocycles. The SMILES string of the molecule is NCc1cc(-c2ncc(C(=O)N3CCN(S(=O)(=O)c4nc5ccc(Cl)cc5[nH]4)CC3)cn2)ccn1. The van der Waals surface area contributed by atoms with Crippen LogP contribution in [-0.4, -0.2) is 74.6 Å². The predicted molar refractivity (Wildman–Crippen MR) is 129 cm³/mol. The third-order valence-electron chi connectivity index (χ3n) is 5.71. The molecule has 0 unspecified atom stereocenters. The number of hydrogen-bond acceptors (Lipinski definition) is 8. The Morgan fingerprint density at radius 1 is 1.06 bits per heavy atom. The highest BCUT2D eigenvalue weighted by atomic mass is 35.5. The first-order valence-electron chi connectivity index (χ1n) is 10.8. The molecule has 1 aliphatic heterocycles. The Bertz CT molecular complexity index is 1500. The number of carbonyl (C=O) groups excluding carboxylic acids is 1. The lowest BCUT2D eigenvalue weighted by atomic mass is 10.2. The summed E-state index contributed by atoms with van der Waals surface area (Å²) in [5.41, 5.74) is 8.48. The number of rotatable bonds is 5. The number of hydrogen-bond donors (Lipinski definition) is 2. The molecule has 180 valence electrons. The van der Waals surface area contributed by atoms with Crippen molar-refractivity contribution in [1.29, 1.82) is 0 Å². The van der Waals surface area contributed by atoms with Gasteiger partial charge >= 0.3 is 0 Å². The summed E-state index contributed by atoms with van der Waals surface area (Å²) >= 11 is 5.98. The van der Waals surface area contributed by atoms with E-state index in [1.54, 1.807) is 41.4 Å². The summed E-state index contributed by atoms with van der Waals surface area (Å²) in [6.45, 7) is 1.05. The average molecular weight is 513 g/mol. The zero-order valence-corrected chi connectivity index (χ0v) is 20.0. The van der Waals surface area contributed by atoms with Crippen molar-refractivity contribution < 1.29 is 13.2 Å². The number of sulfonamides is 1. The van der Waals surface area contributed by atoms with Crippen molar-refractivity contribution in [2.75, 3.05) is 26.2 Å². The van der Waals surface area contributed by atoms with Gasteiger partial charge in [0.05, 0.1) is 22.3 Å². The maximum atomic E-state index is 13.1. The van der Waals surface area contributed by atoms with Crippen LogP contribution in [0.4, 0.5) is 0 Å². The number of carbonyl (C=O) groups is 1. The molecule has 5 rings (SSSR count). The lowest BCUT2D eigenvalue weighted by molar-refractivity contribution is 0.0697. The lowest BCUT2D eigenvalue weighted by Crippen LogP contribution is -2.50. The highest BCUT2D eigenvalue weighted by Gasteiger charge is 2.32. The molecule has 11 nitrogen and oxygen atoms in total. The first kappa shape index (κ1) is 23.3. The molecule has 1 aliphatic rings. The molecule has 1 amide bonds. The van der Waals surface area contributed by atoms with Gasteiger partial charge in [-0.25, -0.2) is 23.4 Å². The van der Waals surface area contributed by atoms with E-state index in [2.05, 4.69) is 24.9 Å². The number of nitrogens with one attached hydrogen (secondary N) is 1. The fourth-order valence-corrected chi connectivity index (χ4v) is 5.35. The average Bonchev–Trinajstić information content (AvgIpc) is 3.33. The van der Waals surface area contributed by atoms with Gasteiger partial charge in [0.25, 0.3) is 15.9 Å². The molecule has 1 fully saturated rings. The van der Waals surface area contributed by atoms with Gasteiger partial charge < -0.3 is 15.6 Å². The largest absolute Gasteiger partial charge is 0.336 e.